The van der Waals surface area contributed by atoms with E-state index in [0.717, 1.165) is 21.7 Å². The average Bonchev–Trinajstić information content (AvgIpc) is 3.05. The molecule has 0 saturated carbocycles. The van der Waals surface area contributed by atoms with E-state index in [0.29, 0.717) is 6.42 Å². The predicted octanol–water partition coefficient (Wildman–Crippen LogP) is 2.62. The number of hydrogen-bond acceptors (Lipinski definition) is 3. The van der Waals surface area contributed by atoms with Crippen LogP contribution in [0.25, 0.3) is 12.2 Å². The van der Waals surface area contributed by atoms with E-state index in [2.05, 4.69) is 11.6 Å². The smallest absolute Gasteiger partial charge is 0.410 e. The Kier molecular flexibility index (Phi) is 7.33. The fourth-order valence-corrected chi connectivity index (χ4v) is 3.38. The molecule has 2 unspecified atom stereocenters. The Balaban J connectivity index is 2.57. The van der Waals surface area contributed by atoms with Crippen LogP contribution in [0.5, 0.6) is 0 Å². The van der Waals surface area contributed by atoms with E-state index in [9.17, 15) is 4.79 Å². The van der Waals surface area contributed by atoms with Crippen LogP contribution in [0.15, 0.2) is 42.6 Å². The Morgan fingerprint density at radius 2 is 1.93 bits per heavy atom. The van der Waals surface area contributed by atoms with Gasteiger partial charge in [-0.3, -0.25) is 0 Å². The third kappa shape index (κ3) is 5.63. The number of amides is 1. The molecule has 0 aliphatic heterocycles. The maximum Gasteiger partial charge on any atom is 0.410 e. The number of ether oxygens (including phenoxy) is 1. The van der Waals surface area contributed by atoms with Gasteiger partial charge in [0.2, 0.25) is 0 Å². The fraction of sp³-hybridized carbons (Fsp3) is 0.409. The molecule has 0 fully saturated rings. The molecule has 0 saturated heterocycles. The summed E-state index contributed by atoms with van der Waals surface area (Å²) in [4.78, 5) is 17.5. The van der Waals surface area contributed by atoms with Gasteiger partial charge < -0.3 is 20.4 Å². The first-order valence-corrected chi connectivity index (χ1v) is 9.78. The number of halogens is 1. The van der Waals surface area contributed by atoms with Gasteiger partial charge in [-0.15, -0.1) is 11.6 Å². The van der Waals surface area contributed by atoms with E-state index in [1.54, 1.807) is 11.9 Å². The second kappa shape index (κ2) is 9.30. The van der Waals surface area contributed by atoms with E-state index in [1.165, 1.54) is 0 Å². The topological polar surface area (TPSA) is 71.4 Å². The second-order valence-corrected chi connectivity index (χ2v) is 8.35. The van der Waals surface area contributed by atoms with Gasteiger partial charge >= 0.3 is 6.09 Å². The lowest BCUT2D eigenvalue weighted by Crippen LogP contribution is -2.47. The van der Waals surface area contributed by atoms with Crippen molar-refractivity contribution < 1.29 is 9.53 Å². The van der Waals surface area contributed by atoms with Gasteiger partial charge in [0.25, 0.3) is 0 Å². The molecular formula is C22H30ClN3O2. The summed E-state index contributed by atoms with van der Waals surface area (Å²) >= 11 is 6.66. The molecule has 2 aromatic rings. The van der Waals surface area contributed by atoms with Crippen molar-refractivity contribution in [2.45, 2.75) is 44.2 Å². The number of rotatable bonds is 6. The van der Waals surface area contributed by atoms with Gasteiger partial charge in [0.1, 0.15) is 5.60 Å². The van der Waals surface area contributed by atoms with Gasteiger partial charge in [0.15, 0.2) is 0 Å². The molecule has 5 nitrogen and oxygen atoms in total. The van der Waals surface area contributed by atoms with Gasteiger partial charge in [0.05, 0.1) is 11.4 Å². The normalized spacial score (nSPS) is 14.9. The van der Waals surface area contributed by atoms with E-state index >= 15 is 0 Å². The van der Waals surface area contributed by atoms with Gasteiger partial charge in [-0.2, -0.15) is 0 Å². The summed E-state index contributed by atoms with van der Waals surface area (Å²) in [6.07, 6.45) is 1.98. The average molecular weight is 404 g/mol. The highest BCUT2D eigenvalue weighted by Gasteiger charge is 2.31. The minimum Gasteiger partial charge on any atom is -0.444 e. The van der Waals surface area contributed by atoms with E-state index in [-0.39, 0.29) is 12.6 Å². The number of aromatic nitrogens is 1. The van der Waals surface area contributed by atoms with Gasteiger partial charge in [-0.25, -0.2) is 4.79 Å². The van der Waals surface area contributed by atoms with Crippen molar-refractivity contribution in [2.24, 2.45) is 5.73 Å². The maximum atomic E-state index is 12.9. The van der Waals surface area contributed by atoms with Crippen LogP contribution in [0.2, 0.25) is 0 Å². The van der Waals surface area contributed by atoms with Crippen molar-refractivity contribution >= 4 is 29.8 Å². The maximum absolute atomic E-state index is 12.9. The van der Waals surface area contributed by atoms with Crippen LogP contribution in [0.4, 0.5) is 4.79 Å². The number of hydrogen-bond donors (Lipinski definition) is 2. The van der Waals surface area contributed by atoms with Crippen LogP contribution in [0.1, 0.15) is 26.3 Å². The van der Waals surface area contributed by atoms with Crippen LogP contribution in [-0.2, 0) is 11.2 Å². The minimum absolute atomic E-state index is 0.245. The first-order valence-electron chi connectivity index (χ1n) is 9.34. The minimum atomic E-state index is -0.595. The number of carbonyl (C=O) groups excluding carboxylic acids is 1. The van der Waals surface area contributed by atoms with Gasteiger partial charge in [-0.05, 0) is 44.4 Å². The third-order valence-corrected chi connectivity index (χ3v) is 4.88. The zero-order valence-electron chi connectivity index (χ0n) is 17.0. The largest absolute Gasteiger partial charge is 0.444 e. The molecule has 1 heterocycles. The summed E-state index contributed by atoms with van der Waals surface area (Å²) < 4.78 is 5.61. The number of alkyl halides is 1. The lowest BCUT2D eigenvalue weighted by atomic mass is 9.93. The van der Waals surface area contributed by atoms with Crippen molar-refractivity contribution in [1.82, 2.24) is 9.88 Å². The van der Waals surface area contributed by atoms with E-state index < -0.39 is 17.1 Å². The Morgan fingerprint density at radius 1 is 1.29 bits per heavy atom. The molecule has 1 aromatic heterocycles. The first kappa shape index (κ1) is 22.1. The molecular weight excluding hydrogens is 374 g/mol. The Bertz CT molecular complexity index is 886. The van der Waals surface area contributed by atoms with Crippen molar-refractivity contribution in [2.75, 3.05) is 13.6 Å². The monoisotopic (exact) mass is 403 g/mol. The molecule has 0 spiro atoms. The van der Waals surface area contributed by atoms with Crippen LogP contribution in [0, 0.1) is 0 Å². The fourth-order valence-electron chi connectivity index (χ4n) is 3.11. The zero-order valence-corrected chi connectivity index (χ0v) is 17.8. The predicted molar refractivity (Wildman–Crippen MR) is 116 cm³/mol. The van der Waals surface area contributed by atoms with Crippen molar-refractivity contribution in [1.29, 1.82) is 0 Å². The SMILES string of the molecule is C=c1[nH]cc/c1=C(/C(Cl)CN)C(Cc1ccccc1)N(C)C(=O)OC(C)(C)C. The number of nitrogens with two attached hydrogens (primary N) is 1. The molecule has 1 amide bonds. The highest BCUT2D eigenvalue weighted by atomic mass is 35.5. The van der Waals surface area contributed by atoms with E-state index in [4.69, 9.17) is 22.1 Å². The summed E-state index contributed by atoms with van der Waals surface area (Å²) in [6.45, 7) is 9.85. The van der Waals surface area contributed by atoms with Gasteiger partial charge in [0, 0.05) is 30.4 Å². The summed E-state index contributed by atoms with van der Waals surface area (Å²) in [5, 5.41) is 1.17. The molecule has 152 valence electrons. The summed E-state index contributed by atoms with van der Waals surface area (Å²) in [5.41, 5.74) is 7.27. The molecule has 0 radical (unpaired) electrons. The highest BCUT2D eigenvalue weighted by Crippen LogP contribution is 2.23. The van der Waals surface area contributed by atoms with Crippen LogP contribution in [0.3, 0.4) is 0 Å². The van der Waals surface area contributed by atoms with Crippen LogP contribution in [-0.4, -0.2) is 46.6 Å². The number of likely N-dealkylation sites (N-methyl/N-ethyl adjacent to an activating group) is 1. The number of nitrogens with one attached hydrogen (secondary N) is 1. The molecule has 2 rings (SSSR count). The molecule has 3 N–H and O–H groups in total. The number of carbonyl (C=O) groups is 1. The Labute approximate surface area is 171 Å². The van der Waals surface area contributed by atoms with E-state index in [1.807, 2.05) is 63.4 Å². The molecule has 2 atom stereocenters. The number of aromatic amines is 1. The van der Waals surface area contributed by atoms with Crippen molar-refractivity contribution in [3.63, 3.8) is 0 Å². The number of benzene rings is 1. The standard InChI is InChI=1S/C22H30ClN3O2/c1-15-17(11-12-25-15)20(18(23)14-24)19(13-16-9-7-6-8-10-16)26(5)21(27)28-22(2,3)4/h6-12,18-19,25H,1,13-14,24H2,2-5H3/b20-17+. The lowest BCUT2D eigenvalue weighted by Gasteiger charge is -2.34. The molecule has 0 aliphatic rings. The zero-order chi connectivity index (χ0) is 20.9. The molecule has 0 aliphatic carbocycles. The molecule has 0 bridgehead atoms. The number of H-pyrrole nitrogens is 1. The Morgan fingerprint density at radius 3 is 2.43 bits per heavy atom. The molecule has 28 heavy (non-hydrogen) atoms. The molecule has 6 heteroatoms. The van der Waals surface area contributed by atoms with Gasteiger partial charge in [-0.1, -0.05) is 36.9 Å². The van der Waals surface area contributed by atoms with Crippen molar-refractivity contribution in [3.8, 4) is 0 Å². The van der Waals surface area contributed by atoms with Crippen LogP contribution >= 0.6 is 11.6 Å². The number of nitrogens with zero attached hydrogens (tertiary/aromatic N) is 1. The summed E-state index contributed by atoms with van der Waals surface area (Å²) in [5.74, 6) is 0. The summed E-state index contributed by atoms with van der Waals surface area (Å²) in [6, 6.07) is 11.6. The quantitative estimate of drug-likeness (QED) is 0.728. The highest BCUT2D eigenvalue weighted by molar-refractivity contribution is 6.25. The van der Waals surface area contributed by atoms with Crippen molar-refractivity contribution in [3.05, 3.63) is 58.7 Å². The second-order valence-electron chi connectivity index (χ2n) is 7.83. The third-order valence-electron chi connectivity index (χ3n) is 4.47. The first-order chi connectivity index (χ1) is 13.1. The Hall–Kier alpha value is -2.24. The lowest BCUT2D eigenvalue weighted by molar-refractivity contribution is 0.0259. The summed E-state index contributed by atoms with van der Waals surface area (Å²) in [7, 11) is 1.73. The van der Waals surface area contributed by atoms with Crippen LogP contribution < -0.4 is 16.3 Å². The molecule has 1 aromatic carbocycles.